The van der Waals surface area contributed by atoms with Gasteiger partial charge in [0.25, 0.3) is 0 Å². The van der Waals surface area contributed by atoms with Gasteiger partial charge in [0.05, 0.1) is 24.2 Å². The standard InChI is InChI=1S/C19H21NO5S2/c1-11(2)15-8-14(18(24)12-4-6-13(25-3)7-5-12)19(27-15)20-16(21)9-26-10-17(22)23/h4-8,11H,9-10H2,1-3H3,(H,20,21)(H,22,23). The number of carboxylic acids is 1. The molecule has 2 N–H and O–H groups in total. The molecule has 0 atom stereocenters. The Morgan fingerprint density at radius 3 is 2.41 bits per heavy atom. The van der Waals surface area contributed by atoms with Crippen LogP contribution >= 0.6 is 23.1 Å². The van der Waals surface area contributed by atoms with Crippen molar-refractivity contribution in [1.29, 1.82) is 0 Å². The van der Waals surface area contributed by atoms with Gasteiger partial charge in [0.2, 0.25) is 5.91 Å². The molecule has 27 heavy (non-hydrogen) atoms. The third-order valence-corrected chi connectivity index (χ3v) is 5.90. The number of hydrogen-bond donors (Lipinski definition) is 2. The van der Waals surface area contributed by atoms with Crippen LogP contribution in [-0.4, -0.2) is 41.4 Å². The first-order valence-electron chi connectivity index (χ1n) is 8.23. The molecule has 2 aromatic rings. The quantitative estimate of drug-likeness (QED) is 0.613. The number of thiophene rings is 1. The highest BCUT2D eigenvalue weighted by Gasteiger charge is 2.20. The molecule has 0 aliphatic heterocycles. The average molecular weight is 408 g/mol. The Bertz CT molecular complexity index is 827. The summed E-state index contributed by atoms with van der Waals surface area (Å²) in [5.41, 5.74) is 0.935. The van der Waals surface area contributed by atoms with Crippen molar-refractivity contribution in [2.24, 2.45) is 0 Å². The fourth-order valence-electron chi connectivity index (χ4n) is 2.25. The van der Waals surface area contributed by atoms with Gasteiger partial charge in [-0.15, -0.1) is 23.1 Å². The third-order valence-electron chi connectivity index (χ3n) is 3.63. The van der Waals surface area contributed by atoms with Gasteiger partial charge in [0, 0.05) is 10.4 Å². The number of benzene rings is 1. The van der Waals surface area contributed by atoms with E-state index in [1.54, 1.807) is 31.4 Å². The van der Waals surface area contributed by atoms with Crippen LogP contribution in [-0.2, 0) is 9.59 Å². The van der Waals surface area contributed by atoms with Crippen molar-refractivity contribution in [1.82, 2.24) is 0 Å². The highest BCUT2D eigenvalue weighted by molar-refractivity contribution is 8.00. The number of ether oxygens (including phenoxy) is 1. The number of amides is 1. The Morgan fingerprint density at radius 1 is 1.19 bits per heavy atom. The second kappa shape index (κ2) is 9.57. The Morgan fingerprint density at radius 2 is 1.85 bits per heavy atom. The topological polar surface area (TPSA) is 92.7 Å². The number of anilines is 1. The van der Waals surface area contributed by atoms with Crippen LogP contribution in [0.1, 0.15) is 40.6 Å². The summed E-state index contributed by atoms with van der Waals surface area (Å²) >= 11 is 2.37. The number of rotatable bonds is 9. The van der Waals surface area contributed by atoms with Gasteiger partial charge in [0.1, 0.15) is 10.8 Å². The third kappa shape index (κ3) is 5.83. The van der Waals surface area contributed by atoms with E-state index >= 15 is 0 Å². The number of nitrogens with one attached hydrogen (secondary N) is 1. The van der Waals surface area contributed by atoms with Crippen LogP contribution in [0.3, 0.4) is 0 Å². The van der Waals surface area contributed by atoms with Crippen LogP contribution in [0.15, 0.2) is 30.3 Å². The first kappa shape index (κ1) is 21.0. The van der Waals surface area contributed by atoms with Gasteiger partial charge in [0.15, 0.2) is 5.78 Å². The Balaban J connectivity index is 2.22. The smallest absolute Gasteiger partial charge is 0.313 e. The summed E-state index contributed by atoms with van der Waals surface area (Å²) < 4.78 is 5.11. The molecular weight excluding hydrogens is 386 g/mol. The lowest BCUT2D eigenvalue weighted by atomic mass is 10.0. The van der Waals surface area contributed by atoms with Crippen molar-refractivity contribution < 1.29 is 24.2 Å². The van der Waals surface area contributed by atoms with Crippen molar-refractivity contribution >= 4 is 45.8 Å². The number of thioether (sulfide) groups is 1. The van der Waals surface area contributed by atoms with Crippen LogP contribution in [0.4, 0.5) is 5.00 Å². The van der Waals surface area contributed by atoms with E-state index in [1.807, 2.05) is 19.9 Å². The van der Waals surface area contributed by atoms with Gasteiger partial charge < -0.3 is 15.2 Å². The number of carbonyl (C=O) groups excluding carboxylic acids is 2. The lowest BCUT2D eigenvalue weighted by Gasteiger charge is -2.06. The summed E-state index contributed by atoms with van der Waals surface area (Å²) in [6.07, 6.45) is 0. The lowest BCUT2D eigenvalue weighted by Crippen LogP contribution is -2.16. The molecule has 0 radical (unpaired) electrons. The zero-order valence-corrected chi connectivity index (χ0v) is 16.9. The molecule has 0 spiro atoms. The maximum absolute atomic E-state index is 12.9. The number of carboxylic acid groups (broad SMARTS) is 1. The van der Waals surface area contributed by atoms with Gasteiger partial charge in [-0.05, 0) is 36.2 Å². The minimum atomic E-state index is -0.971. The average Bonchev–Trinajstić information content (AvgIpc) is 3.05. The first-order valence-corrected chi connectivity index (χ1v) is 10.2. The van der Waals surface area contributed by atoms with Crippen LogP contribution in [0.5, 0.6) is 5.75 Å². The highest BCUT2D eigenvalue weighted by atomic mass is 32.2. The molecule has 0 aliphatic rings. The maximum atomic E-state index is 12.9. The molecule has 144 valence electrons. The molecule has 0 fully saturated rings. The first-order chi connectivity index (χ1) is 12.8. The summed E-state index contributed by atoms with van der Waals surface area (Å²) in [4.78, 5) is 36.6. The van der Waals surface area contributed by atoms with Crippen LogP contribution in [0.2, 0.25) is 0 Å². The molecule has 1 amide bonds. The lowest BCUT2D eigenvalue weighted by molar-refractivity contribution is -0.133. The molecule has 1 aromatic heterocycles. The maximum Gasteiger partial charge on any atom is 0.313 e. The van der Waals surface area contributed by atoms with Crippen LogP contribution in [0, 0.1) is 0 Å². The van der Waals surface area contributed by atoms with Gasteiger partial charge in [-0.1, -0.05) is 13.8 Å². The fraction of sp³-hybridized carbons (Fsp3) is 0.316. The molecule has 0 saturated carbocycles. The molecule has 0 unspecified atom stereocenters. The minimum Gasteiger partial charge on any atom is -0.497 e. The van der Waals surface area contributed by atoms with Crippen molar-refractivity contribution in [2.45, 2.75) is 19.8 Å². The molecule has 1 heterocycles. The van der Waals surface area contributed by atoms with Gasteiger partial charge in [-0.25, -0.2) is 0 Å². The SMILES string of the molecule is COc1ccc(C(=O)c2cc(C(C)C)sc2NC(=O)CSCC(=O)O)cc1. The van der Waals surface area contributed by atoms with Crippen molar-refractivity contribution in [3.63, 3.8) is 0 Å². The van der Waals surface area contributed by atoms with E-state index in [9.17, 15) is 14.4 Å². The molecule has 2 rings (SSSR count). The summed E-state index contributed by atoms with van der Waals surface area (Å²) in [6.45, 7) is 4.03. The second-order valence-corrected chi connectivity index (χ2v) is 8.11. The molecule has 0 aliphatic carbocycles. The van der Waals surface area contributed by atoms with Gasteiger partial charge in [-0.3, -0.25) is 14.4 Å². The van der Waals surface area contributed by atoms with Crippen molar-refractivity contribution in [3.8, 4) is 5.75 Å². The molecule has 0 saturated heterocycles. The molecule has 8 heteroatoms. The summed E-state index contributed by atoms with van der Waals surface area (Å²) in [6, 6.07) is 8.60. The number of hydrogen-bond acceptors (Lipinski definition) is 6. The molecule has 6 nitrogen and oxygen atoms in total. The zero-order chi connectivity index (χ0) is 20.0. The Labute approximate surface area is 165 Å². The molecule has 0 bridgehead atoms. The van der Waals surface area contributed by atoms with Crippen molar-refractivity contribution in [2.75, 3.05) is 23.9 Å². The molecular formula is C19H21NO5S2. The second-order valence-electron chi connectivity index (χ2n) is 6.04. The Kier molecular flexibility index (Phi) is 7.44. The summed E-state index contributed by atoms with van der Waals surface area (Å²) in [7, 11) is 1.56. The van der Waals surface area contributed by atoms with Crippen LogP contribution in [0.25, 0.3) is 0 Å². The van der Waals surface area contributed by atoms with E-state index in [-0.39, 0.29) is 29.1 Å². The van der Waals surface area contributed by atoms with E-state index in [4.69, 9.17) is 9.84 Å². The number of ketones is 1. The minimum absolute atomic E-state index is 0.0113. The van der Waals surface area contributed by atoms with E-state index in [1.165, 1.54) is 11.3 Å². The number of aliphatic carboxylic acids is 1. The number of methoxy groups -OCH3 is 1. The fourth-order valence-corrected chi connectivity index (χ4v) is 3.86. The van der Waals surface area contributed by atoms with Gasteiger partial charge >= 0.3 is 5.97 Å². The summed E-state index contributed by atoms with van der Waals surface area (Å²) in [5, 5.41) is 11.9. The van der Waals surface area contributed by atoms with E-state index in [2.05, 4.69) is 5.32 Å². The van der Waals surface area contributed by atoms with Gasteiger partial charge in [-0.2, -0.15) is 0 Å². The summed E-state index contributed by atoms with van der Waals surface area (Å²) in [5.74, 6) is -0.754. The van der Waals surface area contributed by atoms with E-state index < -0.39 is 5.97 Å². The normalized spacial score (nSPS) is 10.7. The van der Waals surface area contributed by atoms with Crippen LogP contribution < -0.4 is 10.1 Å². The monoisotopic (exact) mass is 407 g/mol. The predicted octanol–water partition coefficient (Wildman–Crippen LogP) is 3.87. The van der Waals surface area contributed by atoms with Crippen molar-refractivity contribution in [3.05, 3.63) is 46.3 Å². The predicted molar refractivity (Wildman–Crippen MR) is 108 cm³/mol. The van der Waals surface area contributed by atoms with E-state index in [0.29, 0.717) is 21.9 Å². The largest absolute Gasteiger partial charge is 0.497 e. The Hall–Kier alpha value is -2.32. The van der Waals surface area contributed by atoms with E-state index in [0.717, 1.165) is 16.6 Å². The molecule has 1 aromatic carbocycles. The number of carbonyl (C=O) groups is 3. The highest BCUT2D eigenvalue weighted by Crippen LogP contribution is 2.34. The zero-order valence-electron chi connectivity index (χ0n) is 15.3.